The predicted molar refractivity (Wildman–Crippen MR) is 61.7 cm³/mol. The van der Waals surface area contributed by atoms with E-state index in [1.807, 2.05) is 0 Å². The van der Waals surface area contributed by atoms with Crippen molar-refractivity contribution < 1.29 is 66.1 Å². The molecular formula is C8H8Br2KNO3S. The van der Waals surface area contributed by atoms with Gasteiger partial charge in [0.25, 0.3) is 5.91 Å². The summed E-state index contributed by atoms with van der Waals surface area (Å²) in [6.45, 7) is 3.61. The number of rotatable bonds is 1. The zero-order valence-corrected chi connectivity index (χ0v) is 16.1. The van der Waals surface area contributed by atoms with Gasteiger partial charge in [-0.25, -0.2) is 0 Å². The summed E-state index contributed by atoms with van der Waals surface area (Å²) in [5.41, 5.74) is 0. The van der Waals surface area contributed by atoms with E-state index < -0.39 is 20.0 Å². The van der Waals surface area contributed by atoms with Gasteiger partial charge < -0.3 is 14.8 Å². The average Bonchev–Trinajstić information content (AvgIpc) is 2.35. The van der Waals surface area contributed by atoms with Gasteiger partial charge in [-0.3, -0.25) is 4.79 Å². The van der Waals surface area contributed by atoms with E-state index >= 15 is 0 Å². The van der Waals surface area contributed by atoms with Crippen molar-refractivity contribution in [2.24, 2.45) is 0 Å². The first-order valence-electron chi connectivity index (χ1n) is 4.29. The zero-order valence-electron chi connectivity index (χ0n) is 8.99. The average molecular weight is 397 g/mol. The minimum atomic E-state index is -1.20. The molecule has 2 saturated heterocycles. The number of hydrogen-bond donors (Lipinski definition) is 0. The van der Waals surface area contributed by atoms with Crippen LogP contribution in [0.25, 0.3) is 0 Å². The number of carbonyl (C=O) groups is 2. The summed E-state index contributed by atoms with van der Waals surface area (Å²) < 4.78 is -1.34. The van der Waals surface area contributed by atoms with E-state index in [1.165, 1.54) is 16.7 Å². The van der Waals surface area contributed by atoms with Crippen LogP contribution in [0.3, 0.4) is 0 Å². The smallest absolute Gasteiger partial charge is 0.548 e. The number of aliphatic carboxylic acids is 1. The molecule has 16 heavy (non-hydrogen) atoms. The molecule has 0 N–H and O–H groups in total. The standard InChI is InChI=1S/C8H9Br2NO3S.K/c1-7(2)3(4(12)13)11-5(14)8(9,10)6(11)15-7;/h3,6H,1-2H3,(H,12,13);/q;+1/p-1/t3-,6+;/m0./s1. The predicted octanol–water partition coefficient (Wildman–Crippen LogP) is -2.71. The molecule has 0 aromatic rings. The summed E-state index contributed by atoms with van der Waals surface area (Å²) in [5, 5.41) is 10.8. The molecule has 2 heterocycles. The van der Waals surface area contributed by atoms with Crippen molar-refractivity contribution in [1.82, 2.24) is 4.90 Å². The van der Waals surface area contributed by atoms with Gasteiger partial charge in [-0.2, -0.15) is 0 Å². The number of amides is 1. The molecule has 2 aliphatic heterocycles. The first-order chi connectivity index (χ1) is 6.69. The van der Waals surface area contributed by atoms with E-state index in [0.717, 1.165) is 0 Å². The van der Waals surface area contributed by atoms with Crippen LogP contribution in [-0.2, 0) is 9.59 Å². The van der Waals surface area contributed by atoms with Crippen molar-refractivity contribution in [2.45, 2.75) is 33.2 Å². The van der Waals surface area contributed by atoms with Crippen molar-refractivity contribution in [2.75, 3.05) is 0 Å². The maximum absolute atomic E-state index is 11.7. The summed E-state index contributed by atoms with van der Waals surface area (Å²) in [5.74, 6) is -1.45. The maximum Gasteiger partial charge on any atom is 1.00 e. The van der Waals surface area contributed by atoms with Crippen molar-refractivity contribution in [1.29, 1.82) is 0 Å². The van der Waals surface area contributed by atoms with Crippen LogP contribution < -0.4 is 56.5 Å². The van der Waals surface area contributed by atoms with E-state index in [0.29, 0.717) is 0 Å². The fraction of sp³-hybridized carbons (Fsp3) is 0.750. The molecule has 4 nitrogen and oxygen atoms in total. The molecule has 2 rings (SSSR count). The van der Waals surface area contributed by atoms with Crippen LogP contribution in [0, 0.1) is 0 Å². The van der Waals surface area contributed by atoms with Crippen LogP contribution in [0.1, 0.15) is 13.8 Å². The third kappa shape index (κ3) is 2.11. The third-order valence-electron chi connectivity index (χ3n) is 2.66. The second-order valence-corrected chi connectivity index (χ2v) is 9.43. The van der Waals surface area contributed by atoms with E-state index in [4.69, 9.17) is 0 Å². The number of alkyl halides is 2. The van der Waals surface area contributed by atoms with Crippen molar-refractivity contribution in [3.05, 3.63) is 0 Å². The molecule has 0 aromatic carbocycles. The van der Waals surface area contributed by atoms with Gasteiger partial charge in [0, 0.05) is 4.75 Å². The van der Waals surface area contributed by atoms with E-state index in [1.54, 1.807) is 13.8 Å². The number of carboxylic acid groups (broad SMARTS) is 1. The maximum atomic E-state index is 11.7. The molecular weight excluding hydrogens is 389 g/mol. The second kappa shape index (κ2) is 4.77. The van der Waals surface area contributed by atoms with Gasteiger partial charge in [0.1, 0.15) is 5.37 Å². The quantitative estimate of drug-likeness (QED) is 0.274. The monoisotopic (exact) mass is 395 g/mol. The molecule has 0 saturated carbocycles. The van der Waals surface area contributed by atoms with E-state index in [2.05, 4.69) is 31.9 Å². The summed E-state index contributed by atoms with van der Waals surface area (Å²) in [4.78, 5) is 24.1. The zero-order chi connectivity index (χ0) is 11.6. The fourth-order valence-corrected chi connectivity index (χ4v) is 4.87. The number of β-lactam (4-membered cyclic amide) rings is 1. The molecule has 0 aromatic heterocycles. The Morgan fingerprint density at radius 3 is 2.44 bits per heavy atom. The first kappa shape index (κ1) is 15.9. The Kier molecular flexibility index (Phi) is 4.75. The normalized spacial score (nSPS) is 33.8. The van der Waals surface area contributed by atoms with Gasteiger partial charge in [-0.15, -0.1) is 11.8 Å². The van der Waals surface area contributed by atoms with Gasteiger partial charge in [-0.1, -0.05) is 31.9 Å². The van der Waals surface area contributed by atoms with Crippen LogP contribution in [-0.4, -0.2) is 36.2 Å². The Labute approximate surface area is 157 Å². The minimum absolute atomic E-state index is 0. The molecule has 2 fully saturated rings. The molecule has 0 radical (unpaired) electrons. The van der Waals surface area contributed by atoms with Crippen molar-refractivity contribution >= 4 is 55.5 Å². The number of carbonyl (C=O) groups excluding carboxylic acids is 2. The number of thioether (sulfide) groups is 1. The summed E-state index contributed by atoms with van der Waals surface area (Å²) >= 11 is 7.97. The molecule has 0 aliphatic carbocycles. The fourth-order valence-electron chi connectivity index (χ4n) is 1.96. The number of halogens is 2. The SMILES string of the molecule is CC1(C)S[C@H]2N(C(=O)C2(Br)Br)[C@H]1C(=O)[O-].[K+]. The minimum Gasteiger partial charge on any atom is -0.548 e. The summed E-state index contributed by atoms with van der Waals surface area (Å²) in [7, 11) is 0. The molecule has 0 bridgehead atoms. The van der Waals surface area contributed by atoms with Gasteiger partial charge in [-0.05, 0) is 13.8 Å². The molecule has 0 spiro atoms. The molecule has 1 amide bonds. The van der Waals surface area contributed by atoms with Crippen LogP contribution in [0.15, 0.2) is 0 Å². The number of carboxylic acids is 1. The van der Waals surface area contributed by atoms with Gasteiger partial charge in [0.05, 0.1) is 12.0 Å². The Morgan fingerprint density at radius 1 is 1.50 bits per heavy atom. The number of nitrogens with zero attached hydrogens (tertiary/aromatic N) is 1. The van der Waals surface area contributed by atoms with Crippen LogP contribution in [0.4, 0.5) is 0 Å². The summed E-state index contributed by atoms with van der Waals surface area (Å²) in [6.07, 6.45) is 0. The Morgan fingerprint density at radius 2 is 2.00 bits per heavy atom. The van der Waals surface area contributed by atoms with Crippen molar-refractivity contribution in [3.8, 4) is 0 Å². The van der Waals surface area contributed by atoms with Crippen LogP contribution >= 0.6 is 43.6 Å². The van der Waals surface area contributed by atoms with Crippen molar-refractivity contribution in [3.63, 3.8) is 0 Å². The number of fused-ring (bicyclic) bond motifs is 1. The van der Waals surface area contributed by atoms with E-state index in [-0.39, 0.29) is 62.7 Å². The van der Waals surface area contributed by atoms with Crippen LogP contribution in [0.2, 0.25) is 0 Å². The number of hydrogen-bond acceptors (Lipinski definition) is 4. The molecule has 2 atom stereocenters. The Balaban J connectivity index is 0.00000128. The van der Waals surface area contributed by atoms with Crippen LogP contribution in [0.5, 0.6) is 0 Å². The molecule has 0 unspecified atom stereocenters. The second-order valence-electron chi connectivity index (χ2n) is 4.13. The van der Waals surface area contributed by atoms with Gasteiger partial charge in [0.2, 0.25) is 0 Å². The van der Waals surface area contributed by atoms with E-state index in [9.17, 15) is 14.7 Å². The Hall–Kier alpha value is 1.89. The topological polar surface area (TPSA) is 60.4 Å². The largest absolute Gasteiger partial charge is 1.00 e. The van der Waals surface area contributed by atoms with Gasteiger partial charge >= 0.3 is 51.4 Å². The first-order valence-corrected chi connectivity index (χ1v) is 6.75. The Bertz CT molecular complexity index is 363. The summed E-state index contributed by atoms with van der Waals surface area (Å²) in [6, 6.07) is -0.858. The molecule has 84 valence electrons. The molecule has 8 heteroatoms. The third-order valence-corrected chi connectivity index (χ3v) is 6.44. The molecule has 2 aliphatic rings. The van der Waals surface area contributed by atoms with Gasteiger partial charge in [0.15, 0.2) is 3.23 Å².